The molecule has 0 unspecified atom stereocenters. The van der Waals surface area contributed by atoms with E-state index in [9.17, 15) is 0 Å². The maximum atomic E-state index is 5.85. The van der Waals surface area contributed by atoms with Gasteiger partial charge in [-0.2, -0.15) is 5.10 Å². The van der Waals surface area contributed by atoms with Crippen molar-refractivity contribution < 1.29 is 0 Å². The van der Waals surface area contributed by atoms with Gasteiger partial charge in [0.05, 0.1) is 0 Å². The first-order chi connectivity index (χ1) is 13.2. The van der Waals surface area contributed by atoms with E-state index in [0.717, 1.165) is 22.5 Å². The number of aromatic nitrogens is 4. The number of hydrogen-bond donors (Lipinski definition) is 4. The van der Waals surface area contributed by atoms with Crippen LogP contribution in [0.25, 0.3) is 11.0 Å². The molecule has 136 valence electrons. The third-order valence-electron chi connectivity index (χ3n) is 4.42. The van der Waals surface area contributed by atoms with E-state index < -0.39 is 0 Å². The van der Waals surface area contributed by atoms with Crippen molar-refractivity contribution in [1.82, 2.24) is 20.2 Å². The molecule has 27 heavy (non-hydrogen) atoms. The summed E-state index contributed by atoms with van der Waals surface area (Å²) in [5.74, 6) is 1.44. The van der Waals surface area contributed by atoms with Crippen LogP contribution in [-0.4, -0.2) is 20.2 Å². The summed E-state index contributed by atoms with van der Waals surface area (Å²) in [7, 11) is 0. The lowest BCUT2D eigenvalue weighted by atomic mass is 10.1. The number of nitrogens with zero attached hydrogens (tertiary/aromatic N) is 3. The molecule has 2 aromatic heterocycles. The van der Waals surface area contributed by atoms with E-state index in [2.05, 4.69) is 49.9 Å². The minimum Gasteiger partial charge on any atom is -0.399 e. The molecule has 4 aromatic rings. The molecule has 0 aliphatic rings. The quantitative estimate of drug-likeness (QED) is 0.391. The monoisotopic (exact) mass is 359 g/mol. The second-order valence-electron chi connectivity index (χ2n) is 6.39. The van der Waals surface area contributed by atoms with Crippen molar-refractivity contribution in [2.24, 2.45) is 0 Å². The van der Waals surface area contributed by atoms with E-state index >= 15 is 0 Å². The molecule has 0 aliphatic heterocycles. The number of aromatic amines is 1. The zero-order chi connectivity index (χ0) is 18.6. The summed E-state index contributed by atoms with van der Waals surface area (Å²) < 4.78 is 0. The summed E-state index contributed by atoms with van der Waals surface area (Å²) in [4.78, 5) is 8.71. The fraction of sp³-hybridized carbons (Fsp3) is 0.150. The molecular weight excluding hydrogens is 338 g/mol. The Labute approximate surface area is 157 Å². The summed E-state index contributed by atoms with van der Waals surface area (Å²) in [5.41, 5.74) is 9.54. The summed E-state index contributed by atoms with van der Waals surface area (Å²) >= 11 is 0. The second kappa shape index (κ2) is 7.33. The van der Waals surface area contributed by atoms with Crippen molar-refractivity contribution in [2.75, 3.05) is 16.4 Å². The van der Waals surface area contributed by atoms with E-state index in [-0.39, 0.29) is 6.04 Å². The highest BCUT2D eigenvalue weighted by Crippen LogP contribution is 2.28. The Morgan fingerprint density at radius 3 is 2.70 bits per heavy atom. The van der Waals surface area contributed by atoms with E-state index in [1.165, 1.54) is 11.9 Å². The molecule has 7 nitrogen and oxygen atoms in total. The van der Waals surface area contributed by atoms with E-state index in [1.54, 1.807) is 0 Å². The van der Waals surface area contributed by atoms with Crippen LogP contribution >= 0.6 is 0 Å². The molecule has 2 aromatic carbocycles. The third-order valence-corrected chi connectivity index (χ3v) is 4.42. The molecule has 0 saturated heterocycles. The van der Waals surface area contributed by atoms with Gasteiger partial charge in [0.15, 0.2) is 11.5 Å². The number of nitrogens with one attached hydrogen (secondary N) is 3. The second-order valence-corrected chi connectivity index (χ2v) is 6.39. The molecule has 0 aliphatic carbocycles. The van der Waals surface area contributed by atoms with Crippen LogP contribution in [0.1, 0.15) is 24.1 Å². The molecule has 5 N–H and O–H groups in total. The summed E-state index contributed by atoms with van der Waals surface area (Å²) in [5, 5.41) is 15.0. The normalized spacial score (nSPS) is 12.0. The van der Waals surface area contributed by atoms with Crippen LogP contribution in [-0.2, 0) is 6.54 Å². The van der Waals surface area contributed by atoms with Crippen molar-refractivity contribution >= 4 is 28.4 Å². The fourth-order valence-electron chi connectivity index (χ4n) is 3.02. The van der Waals surface area contributed by atoms with Crippen LogP contribution in [0.2, 0.25) is 0 Å². The van der Waals surface area contributed by atoms with Crippen molar-refractivity contribution in [3.8, 4) is 0 Å². The Balaban J connectivity index is 1.59. The van der Waals surface area contributed by atoms with Crippen LogP contribution < -0.4 is 16.4 Å². The summed E-state index contributed by atoms with van der Waals surface area (Å²) in [6, 6.07) is 18.1. The van der Waals surface area contributed by atoms with E-state index in [1.807, 2.05) is 42.5 Å². The Morgan fingerprint density at radius 1 is 1.04 bits per heavy atom. The van der Waals surface area contributed by atoms with Gasteiger partial charge in [-0.25, -0.2) is 9.97 Å². The van der Waals surface area contributed by atoms with Gasteiger partial charge in [0.2, 0.25) is 0 Å². The zero-order valence-electron chi connectivity index (χ0n) is 15.0. The van der Waals surface area contributed by atoms with Crippen LogP contribution in [0.15, 0.2) is 60.9 Å². The predicted octanol–water partition coefficient (Wildman–Crippen LogP) is 3.72. The molecule has 0 spiro atoms. The van der Waals surface area contributed by atoms with Crippen molar-refractivity contribution in [3.63, 3.8) is 0 Å². The largest absolute Gasteiger partial charge is 0.399 e. The average Bonchev–Trinajstić information content (AvgIpc) is 3.11. The van der Waals surface area contributed by atoms with Gasteiger partial charge in [0, 0.05) is 18.3 Å². The molecule has 0 fully saturated rings. The first kappa shape index (κ1) is 16.8. The smallest absolute Gasteiger partial charge is 0.162 e. The molecule has 0 saturated carbocycles. The van der Waals surface area contributed by atoms with Gasteiger partial charge in [-0.05, 0) is 30.2 Å². The molecule has 7 heteroatoms. The highest BCUT2D eigenvalue weighted by atomic mass is 15.2. The van der Waals surface area contributed by atoms with E-state index in [4.69, 9.17) is 5.73 Å². The molecule has 0 radical (unpaired) electrons. The summed E-state index contributed by atoms with van der Waals surface area (Å²) in [6.07, 6.45) is 1.53. The number of hydrogen-bond acceptors (Lipinski definition) is 6. The summed E-state index contributed by atoms with van der Waals surface area (Å²) in [6.45, 7) is 2.71. The number of H-pyrrole nitrogens is 1. The van der Waals surface area contributed by atoms with Gasteiger partial charge in [-0.1, -0.05) is 42.5 Å². The van der Waals surface area contributed by atoms with Crippen LogP contribution in [0, 0.1) is 0 Å². The Morgan fingerprint density at radius 2 is 1.89 bits per heavy atom. The molecule has 2 heterocycles. The lowest BCUT2D eigenvalue weighted by Gasteiger charge is -2.15. The highest BCUT2D eigenvalue weighted by molar-refractivity contribution is 5.96. The number of anilines is 3. The number of fused-ring (bicyclic) bond motifs is 1. The molecular formula is C20H21N7. The number of nitrogen functional groups attached to an aromatic ring is 1. The lowest BCUT2D eigenvalue weighted by molar-refractivity contribution is 0.876. The van der Waals surface area contributed by atoms with Gasteiger partial charge in [-0.15, -0.1) is 0 Å². The number of rotatable bonds is 6. The SMILES string of the molecule is C[C@@H](Nc1ncnc2[nH]nc(NCc3cccc(N)c3)c12)c1ccccc1. The van der Waals surface area contributed by atoms with Gasteiger partial charge in [-0.3, -0.25) is 5.10 Å². The van der Waals surface area contributed by atoms with Crippen LogP contribution in [0.4, 0.5) is 17.3 Å². The van der Waals surface area contributed by atoms with Crippen molar-refractivity contribution in [1.29, 1.82) is 0 Å². The Kier molecular flexibility index (Phi) is 4.57. The topological polar surface area (TPSA) is 105 Å². The van der Waals surface area contributed by atoms with Crippen molar-refractivity contribution in [2.45, 2.75) is 19.5 Å². The van der Waals surface area contributed by atoms with Crippen LogP contribution in [0.5, 0.6) is 0 Å². The molecule has 4 rings (SSSR count). The number of nitrogens with two attached hydrogens (primary N) is 1. The maximum absolute atomic E-state index is 5.85. The van der Waals surface area contributed by atoms with Gasteiger partial charge < -0.3 is 16.4 Å². The fourth-order valence-corrected chi connectivity index (χ4v) is 3.02. The van der Waals surface area contributed by atoms with E-state index in [0.29, 0.717) is 18.0 Å². The van der Waals surface area contributed by atoms with Gasteiger partial charge in [0.25, 0.3) is 0 Å². The minimum atomic E-state index is 0.0981. The zero-order valence-corrected chi connectivity index (χ0v) is 15.0. The third kappa shape index (κ3) is 3.67. The Hall–Kier alpha value is -3.61. The predicted molar refractivity (Wildman–Crippen MR) is 108 cm³/mol. The van der Waals surface area contributed by atoms with Crippen molar-refractivity contribution in [3.05, 3.63) is 72.1 Å². The first-order valence-corrected chi connectivity index (χ1v) is 8.79. The average molecular weight is 359 g/mol. The first-order valence-electron chi connectivity index (χ1n) is 8.79. The maximum Gasteiger partial charge on any atom is 0.162 e. The minimum absolute atomic E-state index is 0.0981. The molecule has 0 bridgehead atoms. The van der Waals surface area contributed by atoms with Gasteiger partial charge >= 0.3 is 0 Å². The molecule has 0 amide bonds. The van der Waals surface area contributed by atoms with Gasteiger partial charge in [0.1, 0.15) is 17.5 Å². The lowest BCUT2D eigenvalue weighted by Crippen LogP contribution is -2.09. The Bertz CT molecular complexity index is 1040. The number of benzene rings is 2. The standard InChI is InChI=1S/C20H21N7/c1-13(15-7-3-2-4-8-15)25-18-17-19(26-27-20(17)24-12-23-18)22-11-14-6-5-9-16(21)10-14/h2-10,12-13H,11,21H2,1H3,(H3,22,23,24,25,26,27)/t13-/m1/s1. The highest BCUT2D eigenvalue weighted by Gasteiger charge is 2.15. The van der Waals surface area contributed by atoms with Crippen LogP contribution in [0.3, 0.4) is 0 Å². The molecule has 1 atom stereocenters.